The Bertz CT molecular complexity index is 431. The molecule has 0 aliphatic rings. The van der Waals surface area contributed by atoms with E-state index >= 15 is 0 Å². The Morgan fingerprint density at radius 3 is 2.68 bits per heavy atom. The fourth-order valence-electron chi connectivity index (χ4n) is 1.39. The van der Waals surface area contributed by atoms with E-state index < -0.39 is 17.9 Å². The summed E-state index contributed by atoms with van der Waals surface area (Å²) in [5.74, 6) is -1.41. The lowest BCUT2D eigenvalue weighted by Crippen LogP contribution is -2.40. The van der Waals surface area contributed by atoms with Crippen molar-refractivity contribution in [3.05, 3.63) is 22.4 Å². The largest absolute Gasteiger partial charge is 0.481 e. The lowest BCUT2D eigenvalue weighted by Gasteiger charge is -2.05. The van der Waals surface area contributed by atoms with Crippen LogP contribution in [0.1, 0.15) is 24.1 Å². The van der Waals surface area contributed by atoms with Gasteiger partial charge >= 0.3 is 12.0 Å². The third kappa shape index (κ3) is 7.20. The number of carboxylic acid groups (broad SMARTS) is 1. The Balaban J connectivity index is 2.09. The zero-order chi connectivity index (χ0) is 14.1. The maximum absolute atomic E-state index is 11.3. The minimum atomic E-state index is -0.951. The Morgan fingerprint density at radius 1 is 1.26 bits per heavy atom. The van der Waals surface area contributed by atoms with Crippen molar-refractivity contribution in [2.75, 3.05) is 6.54 Å². The Hall–Kier alpha value is -1.89. The molecule has 0 atom stereocenters. The summed E-state index contributed by atoms with van der Waals surface area (Å²) < 4.78 is 0. The van der Waals surface area contributed by atoms with Crippen molar-refractivity contribution in [3.8, 4) is 0 Å². The molecule has 1 aromatic heterocycles. The van der Waals surface area contributed by atoms with Crippen molar-refractivity contribution >= 4 is 29.2 Å². The summed E-state index contributed by atoms with van der Waals surface area (Å²) in [5, 5.41) is 15.1. The Morgan fingerprint density at radius 2 is 2.05 bits per heavy atom. The maximum atomic E-state index is 11.3. The van der Waals surface area contributed by atoms with Gasteiger partial charge in [-0.1, -0.05) is 6.07 Å². The van der Waals surface area contributed by atoms with E-state index in [1.54, 1.807) is 11.3 Å². The zero-order valence-electron chi connectivity index (χ0n) is 10.3. The molecule has 0 fully saturated rings. The molecule has 0 saturated carbocycles. The molecule has 0 radical (unpaired) electrons. The smallest absolute Gasteiger partial charge is 0.321 e. The van der Waals surface area contributed by atoms with Gasteiger partial charge in [-0.15, -0.1) is 11.3 Å². The van der Waals surface area contributed by atoms with Crippen LogP contribution in [0.5, 0.6) is 0 Å². The standard InChI is InChI=1S/C12H16N2O4S/c15-10(4-1-5-11(16)17)14-12(18)13-7-6-9-3-2-8-19-9/h2-3,8H,1,4-7H2,(H,16,17)(H2,13,14,15,18). The van der Waals surface area contributed by atoms with E-state index in [1.807, 2.05) is 17.5 Å². The molecule has 1 rings (SSSR count). The summed E-state index contributed by atoms with van der Waals surface area (Å²) in [6.45, 7) is 0.453. The minimum Gasteiger partial charge on any atom is -0.481 e. The maximum Gasteiger partial charge on any atom is 0.321 e. The second kappa shape index (κ2) is 8.25. The number of imide groups is 1. The SMILES string of the molecule is O=C(O)CCCC(=O)NC(=O)NCCc1cccs1. The molecule has 0 bridgehead atoms. The third-order valence-electron chi connectivity index (χ3n) is 2.28. The highest BCUT2D eigenvalue weighted by Crippen LogP contribution is 2.07. The van der Waals surface area contributed by atoms with Crippen LogP contribution >= 0.6 is 11.3 Å². The van der Waals surface area contributed by atoms with Gasteiger partial charge < -0.3 is 10.4 Å². The van der Waals surface area contributed by atoms with Crippen LogP contribution in [0.2, 0.25) is 0 Å². The fraction of sp³-hybridized carbons (Fsp3) is 0.417. The summed E-state index contributed by atoms with van der Waals surface area (Å²) in [4.78, 5) is 34.0. The second-order valence-corrected chi connectivity index (χ2v) is 4.91. The van der Waals surface area contributed by atoms with E-state index in [0.717, 1.165) is 11.3 Å². The predicted octanol–water partition coefficient (Wildman–Crippen LogP) is 1.37. The molecule has 0 aromatic carbocycles. The molecule has 3 N–H and O–H groups in total. The summed E-state index contributed by atoms with van der Waals surface area (Å²) in [7, 11) is 0. The molecule has 1 heterocycles. The van der Waals surface area contributed by atoms with Gasteiger partial charge in [0.15, 0.2) is 0 Å². The van der Waals surface area contributed by atoms with E-state index in [9.17, 15) is 14.4 Å². The number of rotatable bonds is 7. The zero-order valence-corrected chi connectivity index (χ0v) is 11.2. The van der Waals surface area contributed by atoms with Gasteiger partial charge in [-0.25, -0.2) is 4.79 Å². The van der Waals surface area contributed by atoms with E-state index in [1.165, 1.54) is 0 Å². The highest BCUT2D eigenvalue weighted by molar-refractivity contribution is 7.09. The number of nitrogens with one attached hydrogen (secondary N) is 2. The van der Waals surface area contributed by atoms with Gasteiger partial charge in [0.05, 0.1) is 0 Å². The number of carboxylic acids is 1. The van der Waals surface area contributed by atoms with Gasteiger partial charge in [-0.2, -0.15) is 0 Å². The average molecular weight is 284 g/mol. The number of hydrogen-bond donors (Lipinski definition) is 3. The number of thiophene rings is 1. The predicted molar refractivity (Wildman–Crippen MR) is 71.1 cm³/mol. The van der Waals surface area contributed by atoms with Crippen molar-refractivity contribution in [1.82, 2.24) is 10.6 Å². The molecule has 19 heavy (non-hydrogen) atoms. The summed E-state index contributed by atoms with van der Waals surface area (Å²) in [6.07, 6.45) is 0.903. The molecule has 0 saturated heterocycles. The molecule has 1 aromatic rings. The van der Waals surface area contributed by atoms with Crippen LogP contribution in [-0.4, -0.2) is 29.6 Å². The highest BCUT2D eigenvalue weighted by Gasteiger charge is 2.08. The molecule has 0 unspecified atom stereocenters. The number of urea groups is 1. The first-order valence-electron chi connectivity index (χ1n) is 5.90. The summed E-state index contributed by atoms with van der Waals surface area (Å²) in [6, 6.07) is 3.37. The van der Waals surface area contributed by atoms with Gasteiger partial charge in [-0.05, 0) is 24.3 Å². The van der Waals surface area contributed by atoms with Gasteiger partial charge in [0.2, 0.25) is 5.91 Å². The topological polar surface area (TPSA) is 95.5 Å². The lowest BCUT2D eigenvalue weighted by atomic mass is 10.2. The van der Waals surface area contributed by atoms with Crippen molar-refractivity contribution in [2.45, 2.75) is 25.7 Å². The number of amides is 3. The Kier molecular flexibility index (Phi) is 6.59. The van der Waals surface area contributed by atoms with Crippen molar-refractivity contribution in [1.29, 1.82) is 0 Å². The number of hydrogen-bond acceptors (Lipinski definition) is 4. The first-order chi connectivity index (χ1) is 9.08. The van der Waals surface area contributed by atoms with Crippen LogP contribution in [0, 0.1) is 0 Å². The first kappa shape index (κ1) is 15.2. The fourth-order valence-corrected chi connectivity index (χ4v) is 2.10. The van der Waals surface area contributed by atoms with Crippen LogP contribution in [0.3, 0.4) is 0 Å². The number of aliphatic carboxylic acids is 1. The molecule has 0 aliphatic heterocycles. The molecular weight excluding hydrogens is 268 g/mol. The summed E-state index contributed by atoms with van der Waals surface area (Å²) in [5.41, 5.74) is 0. The molecule has 6 nitrogen and oxygen atoms in total. The van der Waals surface area contributed by atoms with Gasteiger partial charge in [0, 0.05) is 24.3 Å². The molecule has 104 valence electrons. The molecule has 3 amide bonds. The van der Waals surface area contributed by atoms with Crippen molar-refractivity contribution in [2.24, 2.45) is 0 Å². The van der Waals surface area contributed by atoms with E-state index in [0.29, 0.717) is 6.54 Å². The third-order valence-corrected chi connectivity index (χ3v) is 3.22. The Labute approximate surface area is 114 Å². The molecular formula is C12H16N2O4S. The molecule has 0 spiro atoms. The van der Waals surface area contributed by atoms with Crippen LogP contribution in [0.25, 0.3) is 0 Å². The molecule has 7 heteroatoms. The van der Waals surface area contributed by atoms with E-state index in [4.69, 9.17) is 5.11 Å². The molecule has 0 aliphatic carbocycles. The second-order valence-electron chi connectivity index (χ2n) is 3.88. The van der Waals surface area contributed by atoms with Gasteiger partial charge in [0.25, 0.3) is 0 Å². The van der Waals surface area contributed by atoms with Crippen molar-refractivity contribution < 1.29 is 19.5 Å². The quantitative estimate of drug-likeness (QED) is 0.704. The lowest BCUT2D eigenvalue weighted by molar-refractivity contribution is -0.137. The normalized spacial score (nSPS) is 9.89. The average Bonchev–Trinajstić information content (AvgIpc) is 2.81. The monoisotopic (exact) mass is 284 g/mol. The first-order valence-corrected chi connectivity index (χ1v) is 6.78. The minimum absolute atomic E-state index is 0.0324. The number of carbonyl (C=O) groups is 3. The van der Waals surface area contributed by atoms with Crippen LogP contribution in [0.15, 0.2) is 17.5 Å². The number of carbonyl (C=O) groups excluding carboxylic acids is 2. The van der Waals surface area contributed by atoms with E-state index in [-0.39, 0.29) is 19.3 Å². The van der Waals surface area contributed by atoms with Crippen LogP contribution in [-0.2, 0) is 16.0 Å². The van der Waals surface area contributed by atoms with Crippen LogP contribution in [0.4, 0.5) is 4.79 Å². The van der Waals surface area contributed by atoms with Crippen molar-refractivity contribution in [3.63, 3.8) is 0 Å². The summed E-state index contributed by atoms with van der Waals surface area (Å²) >= 11 is 1.61. The van der Waals surface area contributed by atoms with Crippen LogP contribution < -0.4 is 10.6 Å². The highest BCUT2D eigenvalue weighted by atomic mass is 32.1. The van der Waals surface area contributed by atoms with Gasteiger partial charge in [0.1, 0.15) is 0 Å². The van der Waals surface area contributed by atoms with E-state index in [2.05, 4.69) is 10.6 Å². The van der Waals surface area contributed by atoms with Gasteiger partial charge in [-0.3, -0.25) is 14.9 Å².